The molecule has 0 unspecified atom stereocenters. The molecule has 0 saturated heterocycles. The third-order valence-corrected chi connectivity index (χ3v) is 5.99. The van der Waals surface area contributed by atoms with Gasteiger partial charge in [0.2, 0.25) is 0 Å². The number of rotatable bonds is 3. The molecule has 0 spiro atoms. The van der Waals surface area contributed by atoms with Gasteiger partial charge in [0.1, 0.15) is 11.5 Å². The van der Waals surface area contributed by atoms with Crippen LogP contribution >= 0.6 is 0 Å². The quantitative estimate of drug-likeness (QED) is 0.438. The predicted octanol–water partition coefficient (Wildman–Crippen LogP) is 4.35. The second kappa shape index (κ2) is 7.67. The smallest absolute Gasteiger partial charge is 0.254 e. The van der Waals surface area contributed by atoms with E-state index in [1.165, 1.54) is 24.3 Å². The van der Waals surface area contributed by atoms with Gasteiger partial charge in [-0.05, 0) is 48.0 Å². The van der Waals surface area contributed by atoms with Gasteiger partial charge < -0.3 is 9.88 Å². The number of carbonyl (C=O) groups excluding carboxylic acids is 1. The number of aromatic nitrogens is 5. The first-order valence-corrected chi connectivity index (χ1v) is 10.7. The monoisotopic (exact) mass is 438 g/mol. The van der Waals surface area contributed by atoms with Crippen LogP contribution in [0.4, 0.5) is 4.39 Å². The molecule has 0 saturated carbocycles. The van der Waals surface area contributed by atoms with Crippen molar-refractivity contribution in [2.24, 2.45) is 0 Å². The Bertz CT molecular complexity index is 1470. The number of H-pyrrole nitrogens is 2. The maximum absolute atomic E-state index is 13.2. The van der Waals surface area contributed by atoms with Crippen molar-refractivity contribution in [3.63, 3.8) is 0 Å². The van der Waals surface area contributed by atoms with Crippen LogP contribution in [0.25, 0.3) is 33.5 Å². The first kappa shape index (κ1) is 19.4. The predicted molar refractivity (Wildman–Crippen MR) is 122 cm³/mol. The maximum Gasteiger partial charge on any atom is 0.254 e. The van der Waals surface area contributed by atoms with E-state index in [0.29, 0.717) is 30.9 Å². The molecule has 5 aromatic rings. The number of halogens is 1. The van der Waals surface area contributed by atoms with Crippen molar-refractivity contribution < 1.29 is 9.18 Å². The molecule has 8 heteroatoms. The number of amides is 1. The molecule has 0 fully saturated rings. The zero-order valence-corrected chi connectivity index (χ0v) is 17.5. The van der Waals surface area contributed by atoms with Crippen LogP contribution < -0.4 is 0 Å². The summed E-state index contributed by atoms with van der Waals surface area (Å²) in [5.41, 5.74) is 6.03. The summed E-state index contributed by atoms with van der Waals surface area (Å²) in [7, 11) is 0. The Morgan fingerprint density at radius 1 is 1.06 bits per heavy atom. The van der Waals surface area contributed by atoms with Gasteiger partial charge in [0.05, 0.1) is 23.4 Å². The highest BCUT2D eigenvalue weighted by Gasteiger charge is 2.26. The number of aromatic amines is 2. The number of fused-ring (bicyclic) bond motifs is 2. The summed E-state index contributed by atoms with van der Waals surface area (Å²) in [5.74, 6) is 0.192. The second-order valence-electron chi connectivity index (χ2n) is 8.07. The van der Waals surface area contributed by atoms with Crippen molar-refractivity contribution >= 4 is 16.8 Å². The molecule has 1 aliphatic heterocycles. The zero-order valence-electron chi connectivity index (χ0n) is 17.5. The van der Waals surface area contributed by atoms with Gasteiger partial charge in [-0.3, -0.25) is 14.9 Å². The van der Waals surface area contributed by atoms with E-state index in [9.17, 15) is 9.18 Å². The normalized spacial score (nSPS) is 13.3. The molecule has 7 nitrogen and oxygen atoms in total. The minimum Gasteiger partial charge on any atom is -0.339 e. The SMILES string of the molecule is O=C(c1ccc(F)cc1)N1CCc2nc(-c3n[nH]c4ccc(-c5cccnc5)cc34)[nH]c2C1. The van der Waals surface area contributed by atoms with Gasteiger partial charge in [-0.15, -0.1) is 0 Å². The van der Waals surface area contributed by atoms with Crippen molar-refractivity contribution in [1.29, 1.82) is 0 Å². The third-order valence-electron chi connectivity index (χ3n) is 5.99. The van der Waals surface area contributed by atoms with E-state index in [1.54, 1.807) is 11.1 Å². The van der Waals surface area contributed by atoms with Crippen molar-refractivity contribution in [1.82, 2.24) is 30.0 Å². The van der Waals surface area contributed by atoms with Gasteiger partial charge in [-0.25, -0.2) is 9.37 Å². The Labute approximate surface area is 188 Å². The van der Waals surface area contributed by atoms with E-state index in [4.69, 9.17) is 4.98 Å². The highest BCUT2D eigenvalue weighted by Crippen LogP contribution is 2.30. The molecule has 1 aliphatic rings. The van der Waals surface area contributed by atoms with Crippen LogP contribution in [0.15, 0.2) is 67.0 Å². The molecule has 33 heavy (non-hydrogen) atoms. The van der Waals surface area contributed by atoms with Crippen LogP contribution in [0.2, 0.25) is 0 Å². The molecule has 162 valence electrons. The van der Waals surface area contributed by atoms with E-state index in [0.717, 1.165) is 39.1 Å². The minimum atomic E-state index is -0.358. The summed E-state index contributed by atoms with van der Waals surface area (Å²) >= 11 is 0. The lowest BCUT2D eigenvalue weighted by Gasteiger charge is -2.26. The summed E-state index contributed by atoms with van der Waals surface area (Å²) in [6, 6.07) is 15.7. The van der Waals surface area contributed by atoms with Gasteiger partial charge in [-0.1, -0.05) is 12.1 Å². The number of hydrogen-bond acceptors (Lipinski definition) is 4. The molecule has 4 heterocycles. The highest BCUT2D eigenvalue weighted by molar-refractivity contribution is 5.95. The fraction of sp³-hybridized carbons (Fsp3) is 0.120. The zero-order chi connectivity index (χ0) is 22.4. The fourth-order valence-corrected chi connectivity index (χ4v) is 4.26. The summed E-state index contributed by atoms with van der Waals surface area (Å²) < 4.78 is 13.2. The summed E-state index contributed by atoms with van der Waals surface area (Å²) in [6.07, 6.45) is 4.23. The molecular formula is C25H19FN6O. The van der Waals surface area contributed by atoms with Crippen LogP contribution in [-0.2, 0) is 13.0 Å². The van der Waals surface area contributed by atoms with E-state index < -0.39 is 0 Å². The number of benzene rings is 2. The number of carbonyl (C=O) groups is 1. The fourth-order valence-electron chi connectivity index (χ4n) is 4.26. The lowest BCUT2D eigenvalue weighted by Crippen LogP contribution is -2.36. The molecule has 6 rings (SSSR count). The molecule has 3 aromatic heterocycles. The Morgan fingerprint density at radius 2 is 1.94 bits per heavy atom. The largest absolute Gasteiger partial charge is 0.339 e. The Hall–Kier alpha value is -4.33. The first-order chi connectivity index (χ1) is 16.2. The molecule has 0 atom stereocenters. The first-order valence-electron chi connectivity index (χ1n) is 10.7. The summed E-state index contributed by atoms with van der Waals surface area (Å²) in [4.78, 5) is 27.0. The summed E-state index contributed by atoms with van der Waals surface area (Å²) in [5, 5.41) is 8.54. The minimum absolute atomic E-state index is 0.122. The molecule has 0 radical (unpaired) electrons. The van der Waals surface area contributed by atoms with Crippen LogP contribution in [-0.4, -0.2) is 42.5 Å². The number of imidazole rings is 1. The third kappa shape index (κ3) is 3.45. The number of pyridine rings is 1. The van der Waals surface area contributed by atoms with Crippen LogP contribution in [0.5, 0.6) is 0 Å². The Balaban J connectivity index is 1.31. The molecule has 0 aliphatic carbocycles. The van der Waals surface area contributed by atoms with Gasteiger partial charge in [0, 0.05) is 41.9 Å². The van der Waals surface area contributed by atoms with Crippen LogP contribution in [0.1, 0.15) is 21.7 Å². The lowest BCUT2D eigenvalue weighted by molar-refractivity contribution is 0.0732. The topological polar surface area (TPSA) is 90.6 Å². The van der Waals surface area contributed by atoms with Gasteiger partial charge in [-0.2, -0.15) is 5.10 Å². The molecule has 2 aromatic carbocycles. The van der Waals surface area contributed by atoms with Gasteiger partial charge in [0.15, 0.2) is 5.82 Å². The molecule has 2 N–H and O–H groups in total. The lowest BCUT2D eigenvalue weighted by atomic mass is 10.0. The molecule has 1 amide bonds. The molecule has 0 bridgehead atoms. The van der Waals surface area contributed by atoms with Gasteiger partial charge in [0.25, 0.3) is 5.91 Å². The maximum atomic E-state index is 13.2. The Kier molecular flexibility index (Phi) is 4.50. The second-order valence-corrected chi connectivity index (χ2v) is 8.07. The van der Waals surface area contributed by atoms with Crippen molar-refractivity contribution in [3.05, 3.63) is 89.8 Å². The van der Waals surface area contributed by atoms with E-state index >= 15 is 0 Å². The number of nitrogens with one attached hydrogen (secondary N) is 2. The van der Waals surface area contributed by atoms with E-state index in [-0.39, 0.29) is 11.7 Å². The number of hydrogen-bond donors (Lipinski definition) is 2. The average molecular weight is 438 g/mol. The van der Waals surface area contributed by atoms with Crippen LogP contribution in [0.3, 0.4) is 0 Å². The van der Waals surface area contributed by atoms with Crippen molar-refractivity contribution in [2.75, 3.05) is 6.54 Å². The van der Waals surface area contributed by atoms with Crippen molar-refractivity contribution in [2.45, 2.75) is 13.0 Å². The van der Waals surface area contributed by atoms with E-state index in [2.05, 4.69) is 26.2 Å². The van der Waals surface area contributed by atoms with Gasteiger partial charge >= 0.3 is 0 Å². The van der Waals surface area contributed by atoms with Crippen LogP contribution in [0, 0.1) is 5.82 Å². The Morgan fingerprint density at radius 3 is 2.76 bits per heavy atom. The van der Waals surface area contributed by atoms with E-state index in [1.807, 2.05) is 30.5 Å². The standard InChI is InChI=1S/C25H19FN6O/c26-18-6-3-15(4-7-18)25(33)32-11-9-21-22(14-32)29-24(28-21)23-19-12-16(5-8-20(19)30-31-23)17-2-1-10-27-13-17/h1-8,10,12-13H,9,11,14H2,(H,28,29)(H,30,31). The highest BCUT2D eigenvalue weighted by atomic mass is 19.1. The summed E-state index contributed by atoms with van der Waals surface area (Å²) in [6.45, 7) is 0.974. The molecular weight excluding hydrogens is 419 g/mol. The average Bonchev–Trinajstić information content (AvgIpc) is 3.47. The number of nitrogens with zero attached hydrogens (tertiary/aromatic N) is 4. The van der Waals surface area contributed by atoms with Crippen molar-refractivity contribution in [3.8, 4) is 22.6 Å².